The predicted octanol–water partition coefficient (Wildman–Crippen LogP) is 7.41. The van der Waals surface area contributed by atoms with Gasteiger partial charge in [0.05, 0.1) is 22.2 Å². The Morgan fingerprint density at radius 2 is 1.77 bits per heavy atom. The molecule has 5 rings (SSSR count). The summed E-state index contributed by atoms with van der Waals surface area (Å²) in [6.45, 7) is 8.77. The first-order valence-corrected chi connectivity index (χ1v) is 13.8. The highest BCUT2D eigenvalue weighted by atomic mass is 32.2. The molecule has 1 aromatic heterocycles. The number of anilines is 2. The van der Waals surface area contributed by atoms with Crippen LogP contribution in [-0.2, 0) is 17.6 Å². The van der Waals surface area contributed by atoms with Crippen molar-refractivity contribution in [2.24, 2.45) is 11.3 Å². The van der Waals surface area contributed by atoms with E-state index in [0.717, 1.165) is 46.1 Å². The molecular formula is C29H29N3OS2. The summed E-state index contributed by atoms with van der Waals surface area (Å²) < 4.78 is 0. The minimum atomic E-state index is -0.400. The van der Waals surface area contributed by atoms with Crippen molar-refractivity contribution in [2.75, 3.05) is 4.90 Å². The highest BCUT2D eigenvalue weighted by molar-refractivity contribution is 8.00. The molecule has 2 heterocycles. The number of para-hydroxylation sites is 2. The van der Waals surface area contributed by atoms with Crippen LogP contribution in [0, 0.1) is 22.7 Å². The number of nitrogens with zero attached hydrogens (tertiary/aromatic N) is 3. The van der Waals surface area contributed by atoms with Gasteiger partial charge in [0.2, 0.25) is 5.91 Å². The molecule has 1 amide bonds. The lowest BCUT2D eigenvalue weighted by molar-refractivity contribution is -0.117. The third-order valence-electron chi connectivity index (χ3n) is 6.99. The average molecular weight is 500 g/mol. The number of rotatable bonds is 3. The normalized spacial score (nSPS) is 17.6. The lowest BCUT2D eigenvalue weighted by Crippen LogP contribution is -2.34. The third kappa shape index (κ3) is 4.60. The molecule has 2 aliphatic rings. The van der Waals surface area contributed by atoms with Crippen LogP contribution in [0.5, 0.6) is 0 Å². The molecule has 0 spiro atoms. The molecule has 1 aliphatic carbocycles. The number of nitriles is 1. The number of aryl methyl sites for hydroxylation is 1. The molecule has 35 heavy (non-hydrogen) atoms. The number of pyridine rings is 1. The van der Waals surface area contributed by atoms with Gasteiger partial charge in [-0.2, -0.15) is 5.26 Å². The van der Waals surface area contributed by atoms with Crippen molar-refractivity contribution >= 4 is 40.8 Å². The van der Waals surface area contributed by atoms with E-state index in [0.29, 0.717) is 16.5 Å². The van der Waals surface area contributed by atoms with Gasteiger partial charge in [0.15, 0.2) is 0 Å². The summed E-state index contributed by atoms with van der Waals surface area (Å²) in [6.07, 6.45) is 2.98. The molecule has 0 N–H and O–H groups in total. The van der Waals surface area contributed by atoms with Gasteiger partial charge in [-0.25, -0.2) is 4.98 Å². The molecule has 2 unspecified atom stereocenters. The Hall–Kier alpha value is -2.75. The summed E-state index contributed by atoms with van der Waals surface area (Å²) in [5, 5.41) is 10.2. The quantitative estimate of drug-likeness (QED) is 0.351. The maximum Gasteiger partial charge on any atom is 0.244 e. The van der Waals surface area contributed by atoms with Gasteiger partial charge in [0.25, 0.3) is 0 Å². The number of aromatic nitrogens is 1. The molecule has 178 valence electrons. The Morgan fingerprint density at radius 3 is 2.37 bits per heavy atom. The van der Waals surface area contributed by atoms with Gasteiger partial charge >= 0.3 is 0 Å². The monoisotopic (exact) mass is 499 g/mol. The molecule has 3 aromatic rings. The molecule has 1 aliphatic heterocycles. The van der Waals surface area contributed by atoms with Crippen molar-refractivity contribution in [3.8, 4) is 6.07 Å². The second-order valence-corrected chi connectivity index (χ2v) is 12.7. The van der Waals surface area contributed by atoms with E-state index in [1.165, 1.54) is 17.3 Å². The van der Waals surface area contributed by atoms with Gasteiger partial charge in [-0.3, -0.25) is 9.69 Å². The van der Waals surface area contributed by atoms with Crippen molar-refractivity contribution in [1.29, 1.82) is 5.26 Å². The Bertz CT molecular complexity index is 1290. The topological polar surface area (TPSA) is 57.0 Å². The van der Waals surface area contributed by atoms with Crippen LogP contribution in [0.2, 0.25) is 0 Å². The Balaban J connectivity index is 1.44. The van der Waals surface area contributed by atoms with Crippen LogP contribution in [-0.4, -0.2) is 16.1 Å². The van der Waals surface area contributed by atoms with Crippen LogP contribution < -0.4 is 4.90 Å². The zero-order valence-corrected chi connectivity index (χ0v) is 22.2. The number of thioether (sulfide) groups is 1. The van der Waals surface area contributed by atoms with Crippen molar-refractivity contribution in [3.63, 3.8) is 0 Å². The zero-order chi connectivity index (χ0) is 24.7. The summed E-state index contributed by atoms with van der Waals surface area (Å²) in [4.78, 5) is 22.7. The van der Waals surface area contributed by atoms with Crippen LogP contribution in [0.1, 0.15) is 50.9 Å². The van der Waals surface area contributed by atoms with E-state index in [4.69, 9.17) is 4.98 Å². The fraction of sp³-hybridized carbons (Fsp3) is 0.345. The largest absolute Gasteiger partial charge is 0.278 e. The fourth-order valence-corrected chi connectivity index (χ4v) is 6.89. The van der Waals surface area contributed by atoms with Gasteiger partial charge in [0.1, 0.15) is 11.1 Å². The Labute approximate surface area is 216 Å². The van der Waals surface area contributed by atoms with Crippen molar-refractivity contribution in [1.82, 2.24) is 4.98 Å². The average Bonchev–Trinajstić information content (AvgIpc) is 2.85. The third-order valence-corrected chi connectivity index (χ3v) is 9.21. The Kier molecular flexibility index (Phi) is 6.41. The second kappa shape index (κ2) is 9.37. The SMILES string of the molecule is CC(Sc1nc2c(cc1C#N)CC(C(C)(C)C)CC2)C(=O)N1c2ccccc2Sc2ccccc21. The molecule has 0 saturated heterocycles. The lowest BCUT2D eigenvalue weighted by atomic mass is 9.71. The van der Waals surface area contributed by atoms with Gasteiger partial charge < -0.3 is 0 Å². The molecule has 2 atom stereocenters. The Morgan fingerprint density at radius 1 is 1.14 bits per heavy atom. The number of amides is 1. The number of carbonyl (C=O) groups excluding carboxylic acids is 1. The van der Waals surface area contributed by atoms with E-state index in [1.807, 2.05) is 54.3 Å². The number of benzene rings is 2. The summed E-state index contributed by atoms with van der Waals surface area (Å²) in [7, 11) is 0. The highest BCUT2D eigenvalue weighted by Gasteiger charge is 2.33. The van der Waals surface area contributed by atoms with Crippen molar-refractivity contribution in [2.45, 2.75) is 67.0 Å². The molecule has 0 saturated carbocycles. The summed E-state index contributed by atoms with van der Waals surface area (Å²) in [6, 6.07) is 20.4. The fourth-order valence-electron chi connectivity index (χ4n) is 4.90. The van der Waals surface area contributed by atoms with Crippen molar-refractivity contribution < 1.29 is 4.79 Å². The van der Waals surface area contributed by atoms with Crippen LogP contribution in [0.15, 0.2) is 69.4 Å². The van der Waals surface area contributed by atoms with Crippen LogP contribution in [0.3, 0.4) is 0 Å². The number of fused-ring (bicyclic) bond motifs is 3. The molecule has 0 bridgehead atoms. The minimum absolute atomic E-state index is 0.00796. The van der Waals surface area contributed by atoms with E-state index in [1.54, 1.807) is 11.8 Å². The molecular weight excluding hydrogens is 470 g/mol. The number of hydrogen-bond acceptors (Lipinski definition) is 5. The predicted molar refractivity (Wildman–Crippen MR) is 143 cm³/mol. The second-order valence-electron chi connectivity index (χ2n) is 10.3. The van der Waals surface area contributed by atoms with E-state index in [2.05, 4.69) is 39.0 Å². The van der Waals surface area contributed by atoms with Gasteiger partial charge in [-0.15, -0.1) is 0 Å². The van der Waals surface area contributed by atoms with Crippen LogP contribution in [0.25, 0.3) is 0 Å². The van der Waals surface area contributed by atoms with Gasteiger partial charge in [-0.05, 0) is 73.4 Å². The molecule has 6 heteroatoms. The van der Waals surface area contributed by atoms with E-state index in [9.17, 15) is 10.1 Å². The highest BCUT2D eigenvalue weighted by Crippen LogP contribution is 2.48. The number of hydrogen-bond donors (Lipinski definition) is 0. The van der Waals surface area contributed by atoms with E-state index >= 15 is 0 Å². The zero-order valence-electron chi connectivity index (χ0n) is 20.5. The van der Waals surface area contributed by atoms with Crippen LogP contribution >= 0.6 is 23.5 Å². The molecule has 2 aromatic carbocycles. The summed E-state index contributed by atoms with van der Waals surface area (Å²) >= 11 is 3.08. The molecule has 0 fully saturated rings. The lowest BCUT2D eigenvalue weighted by Gasteiger charge is -2.35. The maximum absolute atomic E-state index is 13.9. The smallest absolute Gasteiger partial charge is 0.244 e. The summed E-state index contributed by atoms with van der Waals surface area (Å²) in [5.41, 5.74) is 4.88. The minimum Gasteiger partial charge on any atom is -0.278 e. The van der Waals surface area contributed by atoms with Crippen molar-refractivity contribution in [3.05, 3.63) is 71.4 Å². The van der Waals surface area contributed by atoms with Crippen LogP contribution in [0.4, 0.5) is 11.4 Å². The first kappa shape index (κ1) is 24.0. The molecule has 0 radical (unpaired) electrons. The van der Waals surface area contributed by atoms with E-state index in [-0.39, 0.29) is 11.3 Å². The standard InChI is InChI=1S/C29H29N3OS2/c1-18(28(33)32-23-9-5-7-11-25(23)35-26-12-8-6-10-24(26)32)34-27-20(17-30)15-19-16-21(29(2,3)4)13-14-22(19)31-27/h5-12,15,18,21H,13-14,16H2,1-4H3. The van der Waals surface area contributed by atoms with Gasteiger partial charge in [-0.1, -0.05) is 68.6 Å². The number of carbonyl (C=O) groups is 1. The summed E-state index contributed by atoms with van der Waals surface area (Å²) in [5.74, 6) is 0.575. The first-order valence-electron chi connectivity index (χ1n) is 12.1. The molecule has 4 nitrogen and oxygen atoms in total. The van der Waals surface area contributed by atoms with E-state index < -0.39 is 5.25 Å². The maximum atomic E-state index is 13.9. The first-order chi connectivity index (χ1) is 16.8. The van der Waals surface area contributed by atoms with Gasteiger partial charge in [0, 0.05) is 15.5 Å².